The molecule has 2 fully saturated rings. The monoisotopic (exact) mass is 276 g/mol. The molecule has 0 amide bonds. The van der Waals surface area contributed by atoms with Gasteiger partial charge in [-0.3, -0.25) is 4.90 Å². The van der Waals surface area contributed by atoms with Gasteiger partial charge in [0.05, 0.1) is 7.11 Å². The number of likely N-dealkylation sites (tertiary alicyclic amines) is 1. The third-order valence-electron chi connectivity index (χ3n) is 4.62. The lowest BCUT2D eigenvalue weighted by Gasteiger charge is -2.31. The second-order valence-corrected chi connectivity index (χ2v) is 5.84. The van der Waals surface area contributed by atoms with Gasteiger partial charge in [0.1, 0.15) is 5.75 Å². The molecule has 3 rings (SSSR count). The van der Waals surface area contributed by atoms with Crippen molar-refractivity contribution in [2.24, 2.45) is 5.73 Å². The molecule has 0 radical (unpaired) electrons. The van der Waals surface area contributed by atoms with Crippen LogP contribution in [0.3, 0.4) is 0 Å². The van der Waals surface area contributed by atoms with Gasteiger partial charge in [-0.2, -0.15) is 0 Å². The zero-order valence-corrected chi connectivity index (χ0v) is 12.1. The number of hydrogen-bond acceptors (Lipinski definition) is 4. The van der Waals surface area contributed by atoms with Gasteiger partial charge in [0.25, 0.3) is 0 Å². The predicted octanol–water partition coefficient (Wildman–Crippen LogP) is 1.60. The molecule has 0 aromatic heterocycles. The van der Waals surface area contributed by atoms with E-state index < -0.39 is 0 Å². The van der Waals surface area contributed by atoms with Crippen LogP contribution in [-0.4, -0.2) is 50.4 Å². The van der Waals surface area contributed by atoms with Crippen LogP contribution in [0.1, 0.15) is 24.3 Å². The smallest absolute Gasteiger partial charge is 0.119 e. The van der Waals surface area contributed by atoms with E-state index in [1.165, 1.54) is 5.56 Å². The fraction of sp³-hybridized carbons (Fsp3) is 0.625. The number of methoxy groups -OCH3 is 1. The maximum absolute atomic E-state index is 6.39. The maximum atomic E-state index is 6.39. The number of nitrogens with two attached hydrogens (primary N) is 1. The van der Waals surface area contributed by atoms with Crippen molar-refractivity contribution in [1.29, 1.82) is 0 Å². The first-order chi connectivity index (χ1) is 9.78. The standard InChI is InChI=1S/C16H24N2O2/c1-19-14-4-2-3-12(9-14)15-10-18(11-16(15)17)13-5-7-20-8-6-13/h2-4,9,13,15-16H,5-8,10-11,17H2,1H3/t15-,16+/m0/s1. The Kier molecular flexibility index (Phi) is 4.24. The second kappa shape index (κ2) is 6.12. The molecular weight excluding hydrogens is 252 g/mol. The van der Waals surface area contributed by atoms with Crippen LogP contribution in [-0.2, 0) is 4.74 Å². The Labute approximate surface area is 120 Å². The highest BCUT2D eigenvalue weighted by molar-refractivity contribution is 5.32. The third kappa shape index (κ3) is 2.82. The summed E-state index contributed by atoms with van der Waals surface area (Å²) in [6.45, 7) is 3.83. The van der Waals surface area contributed by atoms with Gasteiger partial charge < -0.3 is 15.2 Å². The Balaban J connectivity index is 1.71. The molecule has 0 bridgehead atoms. The predicted molar refractivity (Wildman–Crippen MR) is 79.1 cm³/mol. The molecule has 0 aliphatic carbocycles. The number of ether oxygens (including phenoxy) is 2. The zero-order chi connectivity index (χ0) is 13.9. The minimum absolute atomic E-state index is 0.213. The first-order valence-corrected chi connectivity index (χ1v) is 7.49. The first-order valence-electron chi connectivity index (χ1n) is 7.49. The molecule has 2 aliphatic rings. The van der Waals surface area contributed by atoms with Crippen LogP contribution in [0.4, 0.5) is 0 Å². The Morgan fingerprint density at radius 1 is 1.25 bits per heavy atom. The zero-order valence-electron chi connectivity index (χ0n) is 12.1. The van der Waals surface area contributed by atoms with E-state index in [0.717, 1.165) is 44.9 Å². The largest absolute Gasteiger partial charge is 0.497 e. The van der Waals surface area contributed by atoms with Crippen molar-refractivity contribution in [3.05, 3.63) is 29.8 Å². The van der Waals surface area contributed by atoms with Gasteiger partial charge >= 0.3 is 0 Å². The fourth-order valence-electron chi connectivity index (χ4n) is 3.43. The molecule has 0 spiro atoms. The lowest BCUT2D eigenvalue weighted by molar-refractivity contribution is 0.0416. The molecule has 1 aromatic rings. The maximum Gasteiger partial charge on any atom is 0.119 e. The lowest BCUT2D eigenvalue weighted by atomic mass is 9.95. The summed E-state index contributed by atoms with van der Waals surface area (Å²) in [6, 6.07) is 9.19. The molecule has 2 saturated heterocycles. The van der Waals surface area contributed by atoms with Gasteiger partial charge in [-0.1, -0.05) is 12.1 Å². The van der Waals surface area contributed by atoms with E-state index in [4.69, 9.17) is 15.2 Å². The molecule has 0 saturated carbocycles. The number of benzene rings is 1. The molecule has 20 heavy (non-hydrogen) atoms. The summed E-state index contributed by atoms with van der Waals surface area (Å²) in [4.78, 5) is 2.55. The van der Waals surface area contributed by atoms with Gasteiger partial charge in [0.15, 0.2) is 0 Å². The fourth-order valence-corrected chi connectivity index (χ4v) is 3.43. The van der Waals surface area contributed by atoms with Crippen LogP contribution in [0.25, 0.3) is 0 Å². The lowest BCUT2D eigenvalue weighted by Crippen LogP contribution is -2.39. The average Bonchev–Trinajstić information content (AvgIpc) is 2.90. The van der Waals surface area contributed by atoms with Gasteiger partial charge in [-0.05, 0) is 30.5 Å². The molecule has 0 unspecified atom stereocenters. The number of rotatable bonds is 3. The second-order valence-electron chi connectivity index (χ2n) is 5.84. The normalized spacial score (nSPS) is 28.7. The molecule has 1 aromatic carbocycles. The highest BCUT2D eigenvalue weighted by Crippen LogP contribution is 2.31. The van der Waals surface area contributed by atoms with E-state index >= 15 is 0 Å². The van der Waals surface area contributed by atoms with Crippen LogP contribution in [0.5, 0.6) is 5.75 Å². The van der Waals surface area contributed by atoms with Crippen LogP contribution in [0, 0.1) is 0 Å². The summed E-state index contributed by atoms with van der Waals surface area (Å²) >= 11 is 0. The van der Waals surface area contributed by atoms with Gasteiger partial charge in [0.2, 0.25) is 0 Å². The van der Waals surface area contributed by atoms with E-state index in [9.17, 15) is 0 Å². The van der Waals surface area contributed by atoms with Crippen LogP contribution in [0.2, 0.25) is 0 Å². The summed E-state index contributed by atoms with van der Waals surface area (Å²) in [6.07, 6.45) is 2.27. The molecule has 110 valence electrons. The SMILES string of the molecule is COc1cccc([C@@H]2CN(C3CCOCC3)C[C@H]2N)c1. The summed E-state index contributed by atoms with van der Waals surface area (Å²) in [5.74, 6) is 1.33. The van der Waals surface area contributed by atoms with Crippen LogP contribution < -0.4 is 10.5 Å². The Morgan fingerprint density at radius 3 is 2.80 bits per heavy atom. The summed E-state index contributed by atoms with van der Waals surface area (Å²) in [5, 5.41) is 0. The number of nitrogens with zero attached hydrogens (tertiary/aromatic N) is 1. The van der Waals surface area contributed by atoms with Crippen molar-refractivity contribution >= 4 is 0 Å². The third-order valence-corrected chi connectivity index (χ3v) is 4.62. The van der Waals surface area contributed by atoms with Crippen molar-refractivity contribution in [3.8, 4) is 5.75 Å². The van der Waals surface area contributed by atoms with E-state index in [1.54, 1.807) is 7.11 Å². The molecule has 2 N–H and O–H groups in total. The van der Waals surface area contributed by atoms with Gasteiger partial charge in [-0.15, -0.1) is 0 Å². The van der Waals surface area contributed by atoms with Crippen molar-refractivity contribution in [2.45, 2.75) is 30.8 Å². The van der Waals surface area contributed by atoms with E-state index in [-0.39, 0.29) is 6.04 Å². The molecule has 2 atom stereocenters. The average molecular weight is 276 g/mol. The van der Waals surface area contributed by atoms with Crippen molar-refractivity contribution in [2.75, 3.05) is 33.4 Å². The van der Waals surface area contributed by atoms with E-state index in [2.05, 4.69) is 23.1 Å². The Bertz CT molecular complexity index is 446. The highest BCUT2D eigenvalue weighted by atomic mass is 16.5. The molecule has 4 nitrogen and oxygen atoms in total. The minimum atomic E-state index is 0.213. The van der Waals surface area contributed by atoms with E-state index in [1.807, 2.05) is 6.07 Å². The summed E-state index contributed by atoms with van der Waals surface area (Å²) < 4.78 is 10.8. The molecular formula is C16H24N2O2. The van der Waals surface area contributed by atoms with Crippen LogP contribution in [0.15, 0.2) is 24.3 Å². The summed E-state index contributed by atoms with van der Waals surface area (Å²) in [7, 11) is 1.71. The highest BCUT2D eigenvalue weighted by Gasteiger charge is 2.35. The summed E-state index contributed by atoms with van der Waals surface area (Å²) in [5.41, 5.74) is 7.68. The Hall–Kier alpha value is -1.10. The molecule has 2 heterocycles. The Morgan fingerprint density at radius 2 is 2.05 bits per heavy atom. The molecule has 2 aliphatic heterocycles. The van der Waals surface area contributed by atoms with Crippen LogP contribution >= 0.6 is 0 Å². The van der Waals surface area contributed by atoms with Crippen molar-refractivity contribution in [1.82, 2.24) is 4.90 Å². The van der Waals surface area contributed by atoms with Crippen molar-refractivity contribution < 1.29 is 9.47 Å². The molecule has 4 heteroatoms. The van der Waals surface area contributed by atoms with Gasteiger partial charge in [-0.25, -0.2) is 0 Å². The van der Waals surface area contributed by atoms with E-state index in [0.29, 0.717) is 12.0 Å². The topological polar surface area (TPSA) is 47.7 Å². The van der Waals surface area contributed by atoms with Gasteiger partial charge in [0, 0.05) is 44.3 Å². The number of hydrogen-bond donors (Lipinski definition) is 1. The minimum Gasteiger partial charge on any atom is -0.497 e. The van der Waals surface area contributed by atoms with Crippen molar-refractivity contribution in [3.63, 3.8) is 0 Å². The first kappa shape index (κ1) is 13.9. The quantitative estimate of drug-likeness (QED) is 0.911.